The van der Waals surface area contributed by atoms with Crippen LogP contribution in [-0.4, -0.2) is 19.6 Å². The van der Waals surface area contributed by atoms with Crippen molar-refractivity contribution in [1.82, 2.24) is 14.5 Å². The maximum atomic E-state index is 12.0. The molecule has 3 aromatic heterocycles. The Bertz CT molecular complexity index is 3050. The van der Waals surface area contributed by atoms with Gasteiger partial charge in [0.25, 0.3) is 0 Å². The Morgan fingerprint density at radius 2 is 1.15 bits per heavy atom. The summed E-state index contributed by atoms with van der Waals surface area (Å²) in [7, 11) is 0. The van der Waals surface area contributed by atoms with Gasteiger partial charge in [0.15, 0.2) is 0 Å². The summed E-state index contributed by atoms with van der Waals surface area (Å²) in [6.45, 7) is 0. The van der Waals surface area contributed by atoms with Crippen molar-refractivity contribution in [2.75, 3.05) is 0 Å². The molecule has 11 rings (SSSR count). The third kappa shape index (κ3) is 4.94. The van der Waals surface area contributed by atoms with Gasteiger partial charge in [0.2, 0.25) is 0 Å². The maximum absolute atomic E-state index is 12.0. The number of aromatic nitrogens is 3. The Labute approximate surface area is 317 Å². The summed E-state index contributed by atoms with van der Waals surface area (Å²) < 4.78 is 8.55. The topological polar surface area (TPSA) is 64.1 Å². The van der Waals surface area contributed by atoms with Crippen molar-refractivity contribution in [2.45, 2.75) is 12.8 Å². The smallest absolute Gasteiger partial charge is 0.149 e. The first-order chi connectivity index (χ1) is 27.2. The van der Waals surface area contributed by atoms with E-state index in [2.05, 4.69) is 126 Å². The van der Waals surface area contributed by atoms with E-state index >= 15 is 0 Å². The van der Waals surface area contributed by atoms with Gasteiger partial charge in [-0.1, -0.05) is 146 Å². The number of phenols is 1. The number of imidazole rings is 1. The average molecular weight is 708 g/mol. The second-order valence-electron chi connectivity index (χ2n) is 14.2. The van der Waals surface area contributed by atoms with Gasteiger partial charge in [0.05, 0.1) is 22.6 Å². The van der Waals surface area contributed by atoms with Crippen LogP contribution in [0.1, 0.15) is 11.1 Å². The van der Waals surface area contributed by atoms with E-state index in [1.54, 1.807) is 6.07 Å². The first-order valence-electron chi connectivity index (χ1n) is 18.7. The van der Waals surface area contributed by atoms with E-state index in [4.69, 9.17) is 14.4 Å². The number of nitrogens with zero attached hydrogens (tertiary/aromatic N) is 3. The van der Waals surface area contributed by atoms with Crippen LogP contribution in [-0.2, 0) is 12.8 Å². The lowest BCUT2D eigenvalue weighted by atomic mass is 9.86. The fourth-order valence-corrected chi connectivity index (χ4v) is 8.60. The Morgan fingerprint density at radius 3 is 1.91 bits per heavy atom. The molecule has 1 N–H and O–H groups in total. The number of hydrogen-bond donors (Lipinski definition) is 1. The minimum Gasteiger partial charge on any atom is -0.507 e. The van der Waals surface area contributed by atoms with Crippen molar-refractivity contribution in [3.05, 3.63) is 181 Å². The molecule has 0 radical (unpaired) electrons. The fourth-order valence-electron chi connectivity index (χ4n) is 8.60. The van der Waals surface area contributed by atoms with Crippen molar-refractivity contribution in [1.29, 1.82) is 0 Å². The summed E-state index contributed by atoms with van der Waals surface area (Å²) in [6.07, 6.45) is 4.02. The SMILES string of the molecule is Oc1ccc2oc3ccccc3c2c1-c1nc(-c2nc3c(c4ccccc24)CCc2ccccc2-3)cn1-c1c(-c2ccccc2)cccc1-c1ccccc1. The Morgan fingerprint density at radius 1 is 0.509 bits per heavy atom. The summed E-state index contributed by atoms with van der Waals surface area (Å²) in [5.41, 5.74) is 13.5. The molecule has 0 atom stereocenters. The van der Waals surface area contributed by atoms with Crippen molar-refractivity contribution >= 4 is 32.7 Å². The minimum atomic E-state index is 0.119. The molecule has 260 valence electrons. The highest BCUT2D eigenvalue weighted by Crippen LogP contribution is 2.46. The zero-order valence-corrected chi connectivity index (χ0v) is 29.8. The third-order valence-corrected chi connectivity index (χ3v) is 11.1. The molecule has 55 heavy (non-hydrogen) atoms. The van der Waals surface area contributed by atoms with E-state index in [1.807, 2.05) is 42.5 Å². The number of pyridine rings is 1. The molecule has 5 nitrogen and oxygen atoms in total. The monoisotopic (exact) mass is 707 g/mol. The summed E-state index contributed by atoms with van der Waals surface area (Å²) in [6, 6.07) is 56.1. The molecular formula is C50H33N3O2. The second kappa shape index (κ2) is 12.4. The highest BCUT2D eigenvalue weighted by molar-refractivity contribution is 6.13. The van der Waals surface area contributed by atoms with Gasteiger partial charge in [-0.05, 0) is 58.7 Å². The number of fused-ring (bicyclic) bond motifs is 8. The van der Waals surface area contributed by atoms with E-state index in [-0.39, 0.29) is 5.75 Å². The zero-order chi connectivity index (χ0) is 36.5. The summed E-state index contributed by atoms with van der Waals surface area (Å²) in [5.74, 6) is 0.710. The van der Waals surface area contributed by atoms with E-state index in [9.17, 15) is 5.11 Å². The fraction of sp³-hybridized carbons (Fsp3) is 0.0400. The van der Waals surface area contributed by atoms with Gasteiger partial charge in [-0.2, -0.15) is 0 Å². The van der Waals surface area contributed by atoms with Crippen molar-refractivity contribution < 1.29 is 9.52 Å². The predicted molar refractivity (Wildman–Crippen MR) is 222 cm³/mol. The van der Waals surface area contributed by atoms with Crippen molar-refractivity contribution in [2.24, 2.45) is 0 Å². The van der Waals surface area contributed by atoms with Crippen LogP contribution in [0.3, 0.4) is 0 Å². The second-order valence-corrected chi connectivity index (χ2v) is 14.2. The van der Waals surface area contributed by atoms with Crippen molar-refractivity contribution in [3.8, 4) is 67.7 Å². The molecule has 0 aliphatic heterocycles. The first-order valence-corrected chi connectivity index (χ1v) is 18.7. The van der Waals surface area contributed by atoms with Gasteiger partial charge in [-0.3, -0.25) is 4.57 Å². The Kier molecular flexibility index (Phi) is 7.07. The Balaban J connectivity index is 1.28. The largest absolute Gasteiger partial charge is 0.507 e. The number of benzene rings is 7. The van der Waals surface area contributed by atoms with E-state index in [1.165, 1.54) is 22.1 Å². The van der Waals surface area contributed by atoms with Crippen LogP contribution in [0.15, 0.2) is 174 Å². The van der Waals surface area contributed by atoms with Gasteiger partial charge in [0, 0.05) is 39.0 Å². The molecular weight excluding hydrogens is 675 g/mol. The highest BCUT2D eigenvalue weighted by atomic mass is 16.3. The first kappa shape index (κ1) is 31.3. The standard InChI is InChI=1S/C50H33N3O2/c54-42-28-29-44-45(40-22-11-12-25-43(40)55-44)46(42)50-51-41(48-38-21-10-9-20-37(38)39-27-26-33-18-7-8-19-34(33)47(39)52-48)30-53(50)49-35(31-14-3-1-4-15-31)23-13-24-36(49)32-16-5-2-6-17-32/h1-25,28-30,54H,26-27H2. The molecule has 0 spiro atoms. The summed E-state index contributed by atoms with van der Waals surface area (Å²) in [5, 5.41) is 15.9. The molecule has 7 aromatic carbocycles. The quantitative estimate of drug-likeness (QED) is 0.193. The number of aryl methyl sites for hydroxylation is 2. The molecule has 1 aliphatic rings. The molecule has 10 aromatic rings. The molecule has 1 aliphatic carbocycles. The van der Waals surface area contributed by atoms with Crippen LogP contribution in [0.25, 0.3) is 94.7 Å². The van der Waals surface area contributed by atoms with Crippen LogP contribution in [0.5, 0.6) is 5.75 Å². The van der Waals surface area contributed by atoms with Gasteiger partial charge in [-0.25, -0.2) is 9.97 Å². The number of hydrogen-bond acceptors (Lipinski definition) is 4. The number of para-hydroxylation sites is 2. The Hall–Kier alpha value is -7.24. The number of phenolic OH excluding ortho intramolecular Hbond substituents is 1. The minimum absolute atomic E-state index is 0.119. The lowest BCUT2D eigenvalue weighted by molar-refractivity contribution is 0.477. The lowest BCUT2D eigenvalue weighted by Crippen LogP contribution is -2.07. The van der Waals surface area contributed by atoms with Crippen LogP contribution >= 0.6 is 0 Å². The highest BCUT2D eigenvalue weighted by Gasteiger charge is 2.28. The predicted octanol–water partition coefficient (Wildman–Crippen LogP) is 12.5. The maximum Gasteiger partial charge on any atom is 0.149 e. The van der Waals surface area contributed by atoms with E-state index in [0.29, 0.717) is 22.7 Å². The zero-order valence-electron chi connectivity index (χ0n) is 29.8. The van der Waals surface area contributed by atoms with Crippen LogP contribution in [0.2, 0.25) is 0 Å². The third-order valence-electron chi connectivity index (χ3n) is 11.1. The summed E-state index contributed by atoms with van der Waals surface area (Å²) >= 11 is 0. The molecule has 0 saturated carbocycles. The number of aromatic hydroxyl groups is 1. The molecule has 0 fully saturated rings. The molecule has 3 heterocycles. The molecule has 0 bridgehead atoms. The lowest BCUT2D eigenvalue weighted by Gasteiger charge is -2.22. The van der Waals surface area contributed by atoms with Gasteiger partial charge < -0.3 is 9.52 Å². The molecule has 0 saturated heterocycles. The van der Waals surface area contributed by atoms with Crippen molar-refractivity contribution in [3.63, 3.8) is 0 Å². The molecule has 0 amide bonds. The van der Waals surface area contributed by atoms with Gasteiger partial charge >= 0.3 is 0 Å². The normalized spacial score (nSPS) is 12.3. The van der Waals surface area contributed by atoms with Crippen LogP contribution < -0.4 is 0 Å². The summed E-state index contributed by atoms with van der Waals surface area (Å²) in [4.78, 5) is 11.1. The van der Waals surface area contributed by atoms with Crippen LogP contribution in [0, 0.1) is 0 Å². The van der Waals surface area contributed by atoms with Gasteiger partial charge in [0.1, 0.15) is 28.4 Å². The van der Waals surface area contributed by atoms with Gasteiger partial charge in [-0.15, -0.1) is 0 Å². The van der Waals surface area contributed by atoms with E-state index in [0.717, 1.165) is 73.9 Å². The van der Waals surface area contributed by atoms with E-state index < -0.39 is 0 Å². The average Bonchev–Trinajstić information content (AvgIpc) is 3.86. The number of furan rings is 1. The molecule has 5 heteroatoms. The van der Waals surface area contributed by atoms with Crippen LogP contribution in [0.4, 0.5) is 0 Å². The number of rotatable bonds is 5. The molecule has 0 unspecified atom stereocenters.